The second kappa shape index (κ2) is 10.2. The third kappa shape index (κ3) is 5.00. The number of hydrogen-bond acceptors (Lipinski definition) is 8. The van der Waals surface area contributed by atoms with Crippen molar-refractivity contribution < 1.29 is 9.47 Å². The van der Waals surface area contributed by atoms with Crippen LogP contribution in [0.25, 0.3) is 11.3 Å². The molecule has 4 heterocycles. The number of benzene rings is 2. The molecule has 0 amide bonds. The van der Waals surface area contributed by atoms with Crippen LogP contribution in [0, 0.1) is 0 Å². The normalized spacial score (nSPS) is 14.4. The maximum absolute atomic E-state index is 12.6. The zero-order valence-corrected chi connectivity index (χ0v) is 21.2. The van der Waals surface area contributed by atoms with Gasteiger partial charge in [0.05, 0.1) is 28.7 Å². The van der Waals surface area contributed by atoms with Crippen LogP contribution in [0.1, 0.15) is 5.56 Å². The SMILES string of the molecule is CNc1ccc(CNc2ccc3c(c2)Sc2cccc(-c4cc(N5CCOCC5)cc(=O)[nH]4)c2O3)cn1. The molecule has 2 aliphatic heterocycles. The molecule has 1 fully saturated rings. The molecule has 188 valence electrons. The Morgan fingerprint density at radius 3 is 2.76 bits per heavy atom. The maximum Gasteiger partial charge on any atom is 0.250 e. The first-order valence-corrected chi connectivity index (χ1v) is 13.0. The van der Waals surface area contributed by atoms with Gasteiger partial charge in [-0.3, -0.25) is 4.79 Å². The molecule has 0 unspecified atom stereocenters. The lowest BCUT2D eigenvalue weighted by Crippen LogP contribution is -2.36. The number of nitrogens with zero attached hydrogens (tertiary/aromatic N) is 2. The van der Waals surface area contributed by atoms with Gasteiger partial charge in [-0.05, 0) is 48.0 Å². The molecule has 9 heteroatoms. The van der Waals surface area contributed by atoms with Crippen LogP contribution >= 0.6 is 11.8 Å². The van der Waals surface area contributed by atoms with Crippen LogP contribution in [0.3, 0.4) is 0 Å². The molecule has 0 radical (unpaired) electrons. The Balaban J connectivity index is 1.24. The first-order valence-electron chi connectivity index (χ1n) is 12.2. The number of H-pyrrole nitrogens is 1. The molecular formula is C28H27N5O3S. The Hall–Kier alpha value is -3.95. The molecule has 1 saturated heterocycles. The van der Waals surface area contributed by atoms with E-state index in [9.17, 15) is 4.79 Å². The second-order valence-electron chi connectivity index (χ2n) is 8.87. The molecule has 2 aliphatic rings. The smallest absolute Gasteiger partial charge is 0.250 e. The van der Waals surface area contributed by atoms with Gasteiger partial charge in [-0.2, -0.15) is 0 Å². The molecule has 2 aromatic heterocycles. The van der Waals surface area contributed by atoms with E-state index >= 15 is 0 Å². The predicted octanol–water partition coefficient (Wildman–Crippen LogP) is 5.18. The summed E-state index contributed by atoms with van der Waals surface area (Å²) < 4.78 is 11.9. The summed E-state index contributed by atoms with van der Waals surface area (Å²) in [5, 5.41) is 6.50. The molecule has 0 spiro atoms. The van der Waals surface area contributed by atoms with Crippen LogP contribution in [0.15, 0.2) is 81.4 Å². The first-order chi connectivity index (χ1) is 18.2. The lowest BCUT2D eigenvalue weighted by Gasteiger charge is -2.29. The van der Waals surface area contributed by atoms with Crippen LogP contribution in [-0.4, -0.2) is 43.3 Å². The van der Waals surface area contributed by atoms with E-state index in [1.54, 1.807) is 17.8 Å². The van der Waals surface area contributed by atoms with Crippen molar-refractivity contribution in [3.63, 3.8) is 0 Å². The summed E-state index contributed by atoms with van der Waals surface area (Å²) in [7, 11) is 1.86. The second-order valence-corrected chi connectivity index (χ2v) is 9.95. The molecule has 4 aromatic rings. The van der Waals surface area contributed by atoms with Gasteiger partial charge in [-0.25, -0.2) is 4.98 Å². The number of morpholine rings is 1. The molecule has 3 N–H and O–H groups in total. The van der Waals surface area contributed by atoms with Crippen LogP contribution in [0.4, 0.5) is 17.2 Å². The Labute approximate surface area is 219 Å². The fraction of sp³-hybridized carbons (Fsp3) is 0.214. The van der Waals surface area contributed by atoms with Crippen molar-refractivity contribution in [2.75, 3.05) is 48.9 Å². The third-order valence-electron chi connectivity index (χ3n) is 6.43. The van der Waals surface area contributed by atoms with Crippen molar-refractivity contribution in [1.82, 2.24) is 9.97 Å². The van der Waals surface area contributed by atoms with Gasteiger partial charge in [0.2, 0.25) is 5.56 Å². The van der Waals surface area contributed by atoms with E-state index in [0.29, 0.717) is 19.8 Å². The largest absolute Gasteiger partial charge is 0.454 e. The first kappa shape index (κ1) is 23.4. The fourth-order valence-electron chi connectivity index (χ4n) is 4.48. The zero-order valence-electron chi connectivity index (χ0n) is 20.4. The number of anilines is 3. The highest BCUT2D eigenvalue weighted by Crippen LogP contribution is 2.51. The van der Waals surface area contributed by atoms with Crippen LogP contribution in [0.5, 0.6) is 11.5 Å². The average molecular weight is 514 g/mol. The maximum atomic E-state index is 12.6. The lowest BCUT2D eigenvalue weighted by molar-refractivity contribution is 0.122. The number of rotatable bonds is 6. The molecular weight excluding hydrogens is 486 g/mol. The van der Waals surface area contributed by atoms with Crippen LogP contribution < -0.4 is 25.8 Å². The van der Waals surface area contributed by atoms with Gasteiger partial charge in [0.1, 0.15) is 11.6 Å². The quantitative estimate of drug-likeness (QED) is 0.286. The molecule has 37 heavy (non-hydrogen) atoms. The van der Waals surface area contributed by atoms with Gasteiger partial charge in [0, 0.05) is 55.9 Å². The van der Waals surface area contributed by atoms with Gasteiger partial charge in [0.25, 0.3) is 0 Å². The minimum Gasteiger partial charge on any atom is -0.454 e. The molecule has 0 aliphatic carbocycles. The monoisotopic (exact) mass is 513 g/mol. The van der Waals surface area contributed by atoms with E-state index in [4.69, 9.17) is 9.47 Å². The summed E-state index contributed by atoms with van der Waals surface area (Å²) in [5.41, 5.74) is 4.48. The Bertz CT molecular complexity index is 1480. The standard InChI is InChI=1S/C28H27N5O3S/c1-29-26-8-5-18(17-31-26)16-30-19-6-7-23-25(13-19)37-24-4-2-3-21(28(24)36-23)22-14-20(15-27(34)32-22)33-9-11-35-12-10-33/h2-8,13-15,17,30H,9-12,16H2,1H3,(H,29,31)(H,32,34). The van der Waals surface area contributed by atoms with Crippen molar-refractivity contribution in [2.45, 2.75) is 16.3 Å². The topological polar surface area (TPSA) is 91.5 Å². The van der Waals surface area contributed by atoms with Crippen molar-refractivity contribution in [2.24, 2.45) is 0 Å². The molecule has 6 rings (SSSR count). The van der Waals surface area contributed by atoms with E-state index in [1.165, 1.54) is 0 Å². The van der Waals surface area contributed by atoms with Crippen molar-refractivity contribution in [3.8, 4) is 22.8 Å². The number of nitrogens with one attached hydrogen (secondary N) is 3. The minimum absolute atomic E-state index is 0.132. The lowest BCUT2D eigenvalue weighted by atomic mass is 10.1. The minimum atomic E-state index is -0.132. The summed E-state index contributed by atoms with van der Waals surface area (Å²) in [5.74, 6) is 2.40. The third-order valence-corrected chi connectivity index (χ3v) is 7.51. The summed E-state index contributed by atoms with van der Waals surface area (Å²) in [6, 6.07) is 19.8. The molecule has 8 nitrogen and oxygen atoms in total. The van der Waals surface area contributed by atoms with E-state index in [2.05, 4.69) is 37.6 Å². The van der Waals surface area contributed by atoms with E-state index < -0.39 is 0 Å². The van der Waals surface area contributed by atoms with Gasteiger partial charge < -0.3 is 30.0 Å². The number of para-hydroxylation sites is 1. The van der Waals surface area contributed by atoms with Crippen LogP contribution in [0.2, 0.25) is 0 Å². The number of aromatic nitrogens is 2. The number of pyridine rings is 2. The van der Waals surface area contributed by atoms with Gasteiger partial charge in [0.15, 0.2) is 5.75 Å². The molecule has 0 bridgehead atoms. The van der Waals surface area contributed by atoms with Gasteiger partial charge in [-0.15, -0.1) is 0 Å². The summed E-state index contributed by atoms with van der Waals surface area (Å²) >= 11 is 1.66. The Morgan fingerprint density at radius 1 is 1.05 bits per heavy atom. The molecule has 2 aromatic carbocycles. The zero-order chi connectivity index (χ0) is 25.2. The van der Waals surface area contributed by atoms with E-state index in [0.717, 1.165) is 68.4 Å². The van der Waals surface area contributed by atoms with E-state index in [1.807, 2.05) is 55.7 Å². The summed E-state index contributed by atoms with van der Waals surface area (Å²) in [4.78, 5) is 24.2. The summed E-state index contributed by atoms with van der Waals surface area (Å²) in [6.45, 7) is 3.54. The molecule has 0 saturated carbocycles. The highest BCUT2D eigenvalue weighted by molar-refractivity contribution is 7.99. The van der Waals surface area contributed by atoms with Gasteiger partial charge in [-0.1, -0.05) is 23.9 Å². The number of fused-ring (bicyclic) bond motifs is 2. The van der Waals surface area contributed by atoms with Crippen molar-refractivity contribution >= 4 is 29.0 Å². The number of ether oxygens (including phenoxy) is 2. The summed E-state index contributed by atoms with van der Waals surface area (Å²) in [6.07, 6.45) is 1.87. The fourth-order valence-corrected chi connectivity index (χ4v) is 5.51. The van der Waals surface area contributed by atoms with Crippen molar-refractivity contribution in [3.05, 3.63) is 82.8 Å². The Morgan fingerprint density at radius 2 is 1.95 bits per heavy atom. The van der Waals surface area contributed by atoms with Crippen LogP contribution in [-0.2, 0) is 11.3 Å². The number of hydrogen-bond donors (Lipinski definition) is 3. The highest BCUT2D eigenvalue weighted by atomic mass is 32.2. The van der Waals surface area contributed by atoms with Gasteiger partial charge >= 0.3 is 0 Å². The number of aromatic amines is 1. The predicted molar refractivity (Wildman–Crippen MR) is 147 cm³/mol. The van der Waals surface area contributed by atoms with Crippen molar-refractivity contribution in [1.29, 1.82) is 0 Å². The van der Waals surface area contributed by atoms with E-state index in [-0.39, 0.29) is 5.56 Å². The highest BCUT2D eigenvalue weighted by Gasteiger charge is 2.23. The average Bonchev–Trinajstić information content (AvgIpc) is 2.95. The molecule has 0 atom stereocenters. The Kier molecular flexibility index (Phi) is 6.46.